The summed E-state index contributed by atoms with van der Waals surface area (Å²) in [6.07, 6.45) is 9.80. The van der Waals surface area contributed by atoms with Gasteiger partial charge in [0.15, 0.2) is 0 Å². The standard InChI is InChI=1S/C25H34N2O2/c28-23(7-6-17-4-2-1-3-5-17)27-10-8-20(9-11-27)25(29)26-24-21-13-18-12-19(15-21)16-22(24)14-18/h1-5,18-22,24H,6-16H2,(H,26,29). The molecule has 4 bridgehead atoms. The van der Waals surface area contributed by atoms with Crippen molar-refractivity contribution in [2.45, 2.75) is 63.8 Å². The number of aryl methyl sites for hydroxylation is 1. The number of rotatable bonds is 5. The van der Waals surface area contributed by atoms with E-state index in [1.54, 1.807) is 0 Å². The van der Waals surface area contributed by atoms with Gasteiger partial charge >= 0.3 is 0 Å². The van der Waals surface area contributed by atoms with E-state index in [2.05, 4.69) is 17.4 Å². The molecule has 1 aromatic carbocycles. The van der Waals surface area contributed by atoms with Gasteiger partial charge in [0.25, 0.3) is 0 Å². The zero-order valence-corrected chi connectivity index (χ0v) is 17.4. The fourth-order valence-corrected chi connectivity index (χ4v) is 6.89. The van der Waals surface area contributed by atoms with Crippen molar-refractivity contribution in [1.29, 1.82) is 0 Å². The summed E-state index contributed by atoms with van der Waals surface area (Å²) < 4.78 is 0. The molecule has 1 heterocycles. The summed E-state index contributed by atoms with van der Waals surface area (Å²) in [5, 5.41) is 3.48. The van der Waals surface area contributed by atoms with Gasteiger partial charge in [-0.15, -0.1) is 0 Å². The number of piperidine rings is 1. The summed E-state index contributed by atoms with van der Waals surface area (Å²) in [5.41, 5.74) is 1.21. The quantitative estimate of drug-likeness (QED) is 0.826. The maximum absolute atomic E-state index is 13.0. The van der Waals surface area contributed by atoms with Gasteiger partial charge in [0.1, 0.15) is 0 Å². The lowest BCUT2D eigenvalue weighted by Crippen LogP contribution is -2.57. The Morgan fingerprint density at radius 2 is 1.52 bits per heavy atom. The predicted octanol–water partition coefficient (Wildman–Crippen LogP) is 3.80. The van der Waals surface area contributed by atoms with Crippen molar-refractivity contribution in [3.8, 4) is 0 Å². The number of carbonyl (C=O) groups is 2. The lowest BCUT2D eigenvalue weighted by atomic mass is 9.54. The minimum Gasteiger partial charge on any atom is -0.353 e. The van der Waals surface area contributed by atoms with Crippen LogP contribution < -0.4 is 5.32 Å². The Morgan fingerprint density at radius 3 is 2.14 bits per heavy atom. The second-order valence-electron chi connectivity index (χ2n) is 10.1. The Morgan fingerprint density at radius 1 is 0.897 bits per heavy atom. The van der Waals surface area contributed by atoms with Crippen LogP contribution in [0.2, 0.25) is 0 Å². The molecule has 6 rings (SSSR count). The second-order valence-corrected chi connectivity index (χ2v) is 10.1. The lowest BCUT2D eigenvalue weighted by Gasteiger charge is -2.54. The average Bonchev–Trinajstić information content (AvgIpc) is 2.75. The molecule has 1 N–H and O–H groups in total. The Labute approximate surface area is 174 Å². The Balaban J connectivity index is 1.08. The van der Waals surface area contributed by atoms with Crippen LogP contribution in [-0.2, 0) is 16.0 Å². The fraction of sp³-hybridized carbons (Fsp3) is 0.680. The van der Waals surface area contributed by atoms with E-state index >= 15 is 0 Å². The van der Waals surface area contributed by atoms with Crippen molar-refractivity contribution in [3.63, 3.8) is 0 Å². The van der Waals surface area contributed by atoms with Crippen molar-refractivity contribution < 1.29 is 9.59 Å². The number of nitrogens with zero attached hydrogens (tertiary/aromatic N) is 1. The third kappa shape index (κ3) is 4.08. The summed E-state index contributed by atoms with van der Waals surface area (Å²) in [6.45, 7) is 1.46. The van der Waals surface area contributed by atoms with Gasteiger partial charge in [-0.3, -0.25) is 9.59 Å². The summed E-state index contributed by atoms with van der Waals surface area (Å²) in [6, 6.07) is 10.6. The smallest absolute Gasteiger partial charge is 0.223 e. The number of hydrogen-bond acceptors (Lipinski definition) is 2. The van der Waals surface area contributed by atoms with Gasteiger partial charge in [0.05, 0.1) is 0 Å². The average molecular weight is 395 g/mol. The van der Waals surface area contributed by atoms with Crippen molar-refractivity contribution in [2.24, 2.45) is 29.6 Å². The van der Waals surface area contributed by atoms with Crippen LogP contribution in [0.25, 0.3) is 0 Å². The van der Waals surface area contributed by atoms with Crippen LogP contribution in [0.5, 0.6) is 0 Å². The minimum absolute atomic E-state index is 0.0883. The molecule has 4 nitrogen and oxygen atoms in total. The normalized spacial score (nSPS) is 33.7. The maximum Gasteiger partial charge on any atom is 0.223 e. The summed E-state index contributed by atoms with van der Waals surface area (Å²) in [5.74, 6) is 3.93. The van der Waals surface area contributed by atoms with Crippen LogP contribution in [0.3, 0.4) is 0 Å². The fourth-order valence-electron chi connectivity index (χ4n) is 6.89. The van der Waals surface area contributed by atoms with Gasteiger partial charge < -0.3 is 10.2 Å². The highest BCUT2D eigenvalue weighted by Crippen LogP contribution is 2.53. The maximum atomic E-state index is 13.0. The molecular weight excluding hydrogens is 360 g/mol. The summed E-state index contributed by atoms with van der Waals surface area (Å²) >= 11 is 0. The van der Waals surface area contributed by atoms with Crippen molar-refractivity contribution in [3.05, 3.63) is 35.9 Å². The largest absolute Gasteiger partial charge is 0.353 e. The van der Waals surface area contributed by atoms with E-state index in [0.717, 1.165) is 56.0 Å². The highest BCUT2D eigenvalue weighted by atomic mass is 16.2. The van der Waals surface area contributed by atoms with Gasteiger partial charge in [-0.25, -0.2) is 0 Å². The number of likely N-dealkylation sites (tertiary alicyclic amines) is 1. The van der Waals surface area contributed by atoms with Gasteiger partial charge in [-0.1, -0.05) is 30.3 Å². The van der Waals surface area contributed by atoms with Gasteiger partial charge in [0, 0.05) is 31.5 Å². The molecule has 5 aliphatic rings. The molecule has 0 aromatic heterocycles. The summed E-state index contributed by atoms with van der Waals surface area (Å²) in [4.78, 5) is 27.5. The Kier molecular flexibility index (Phi) is 5.36. The van der Waals surface area contributed by atoms with Crippen molar-refractivity contribution >= 4 is 11.8 Å². The molecule has 29 heavy (non-hydrogen) atoms. The van der Waals surface area contributed by atoms with Crippen LogP contribution in [0, 0.1) is 29.6 Å². The number of amides is 2. The highest BCUT2D eigenvalue weighted by Gasteiger charge is 2.49. The molecule has 4 saturated carbocycles. The first-order valence-electron chi connectivity index (χ1n) is 11.8. The number of nitrogens with one attached hydrogen (secondary N) is 1. The third-order valence-corrected chi connectivity index (χ3v) is 8.22. The van der Waals surface area contributed by atoms with E-state index in [4.69, 9.17) is 0 Å². The third-order valence-electron chi connectivity index (χ3n) is 8.22. The van der Waals surface area contributed by atoms with Gasteiger partial charge in [0.2, 0.25) is 11.8 Å². The van der Waals surface area contributed by atoms with Crippen molar-refractivity contribution in [2.75, 3.05) is 13.1 Å². The van der Waals surface area contributed by atoms with Crippen LogP contribution in [0.4, 0.5) is 0 Å². The SMILES string of the molecule is O=C(NC1C2CC3CC(C2)CC1C3)C1CCN(C(=O)CCc2ccccc2)CC1. The summed E-state index contributed by atoms with van der Waals surface area (Å²) in [7, 11) is 0. The molecule has 1 aromatic rings. The van der Waals surface area contributed by atoms with Crippen LogP contribution >= 0.6 is 0 Å². The minimum atomic E-state index is 0.0883. The number of hydrogen-bond donors (Lipinski definition) is 1. The van der Waals surface area contributed by atoms with Crippen molar-refractivity contribution in [1.82, 2.24) is 10.2 Å². The monoisotopic (exact) mass is 394 g/mol. The predicted molar refractivity (Wildman–Crippen MR) is 113 cm³/mol. The van der Waals surface area contributed by atoms with Crippen LogP contribution in [0.1, 0.15) is 56.9 Å². The lowest BCUT2D eigenvalue weighted by molar-refractivity contribution is -0.136. The zero-order valence-electron chi connectivity index (χ0n) is 17.4. The topological polar surface area (TPSA) is 49.4 Å². The van der Waals surface area contributed by atoms with E-state index in [0.29, 0.717) is 12.5 Å². The molecule has 156 valence electrons. The number of carbonyl (C=O) groups excluding carboxylic acids is 2. The molecule has 1 saturated heterocycles. The molecule has 0 spiro atoms. The molecule has 4 aliphatic carbocycles. The first-order valence-corrected chi connectivity index (χ1v) is 11.8. The van der Waals surface area contributed by atoms with E-state index in [-0.39, 0.29) is 17.7 Å². The van der Waals surface area contributed by atoms with E-state index < -0.39 is 0 Å². The van der Waals surface area contributed by atoms with E-state index in [1.165, 1.54) is 37.7 Å². The molecule has 1 aliphatic heterocycles. The van der Waals surface area contributed by atoms with Crippen LogP contribution in [-0.4, -0.2) is 35.8 Å². The van der Waals surface area contributed by atoms with Gasteiger partial charge in [-0.2, -0.15) is 0 Å². The zero-order chi connectivity index (χ0) is 19.8. The van der Waals surface area contributed by atoms with Gasteiger partial charge in [-0.05, 0) is 80.6 Å². The molecule has 4 heteroatoms. The molecule has 5 fully saturated rings. The molecule has 0 unspecified atom stereocenters. The first kappa shape index (κ1) is 19.1. The second kappa shape index (κ2) is 8.12. The first-order chi connectivity index (χ1) is 14.2. The molecule has 2 amide bonds. The van der Waals surface area contributed by atoms with Crippen LogP contribution in [0.15, 0.2) is 30.3 Å². The number of benzene rings is 1. The Bertz CT molecular complexity index is 710. The molecule has 0 radical (unpaired) electrons. The molecular formula is C25H34N2O2. The molecule has 0 atom stereocenters. The van der Waals surface area contributed by atoms with E-state index in [1.807, 2.05) is 23.1 Å². The Hall–Kier alpha value is -1.84. The van der Waals surface area contributed by atoms with E-state index in [9.17, 15) is 9.59 Å². The highest BCUT2D eigenvalue weighted by molar-refractivity contribution is 5.80.